The molecular formula is C11H18O2. The number of hydrogen-bond donors (Lipinski definition) is 0. The van der Waals surface area contributed by atoms with E-state index < -0.39 is 0 Å². The zero-order chi connectivity index (χ0) is 10.1. The standard InChI is InChI=1S/C11H18O2/c1-4-7-8-10(5-2)9-13-11(12)6-3/h4,6-7,10H,3,5,8-9H2,1-2H3/b7-4+. The molecule has 74 valence electrons. The Morgan fingerprint density at radius 1 is 1.62 bits per heavy atom. The third-order valence-corrected chi connectivity index (χ3v) is 1.91. The van der Waals surface area contributed by atoms with Crippen molar-refractivity contribution in [3.8, 4) is 0 Å². The lowest BCUT2D eigenvalue weighted by Gasteiger charge is -2.11. The molecular weight excluding hydrogens is 164 g/mol. The van der Waals surface area contributed by atoms with Gasteiger partial charge in [0.2, 0.25) is 0 Å². The Labute approximate surface area is 80.3 Å². The number of carbonyl (C=O) groups excluding carboxylic acids is 1. The van der Waals surface area contributed by atoms with E-state index in [9.17, 15) is 4.79 Å². The summed E-state index contributed by atoms with van der Waals surface area (Å²) in [6.07, 6.45) is 7.29. The van der Waals surface area contributed by atoms with Crippen LogP contribution in [0.2, 0.25) is 0 Å². The fourth-order valence-corrected chi connectivity index (χ4v) is 0.940. The van der Waals surface area contributed by atoms with Crippen molar-refractivity contribution in [2.45, 2.75) is 26.7 Å². The third-order valence-electron chi connectivity index (χ3n) is 1.91. The van der Waals surface area contributed by atoms with E-state index in [0.717, 1.165) is 12.8 Å². The van der Waals surface area contributed by atoms with E-state index in [1.54, 1.807) is 0 Å². The molecule has 0 heterocycles. The minimum atomic E-state index is -0.334. The van der Waals surface area contributed by atoms with Gasteiger partial charge in [-0.3, -0.25) is 0 Å². The Morgan fingerprint density at radius 3 is 2.77 bits per heavy atom. The van der Waals surface area contributed by atoms with E-state index in [4.69, 9.17) is 4.74 Å². The summed E-state index contributed by atoms with van der Waals surface area (Å²) in [5, 5.41) is 0. The average molecular weight is 182 g/mol. The number of rotatable bonds is 6. The van der Waals surface area contributed by atoms with Crippen LogP contribution in [-0.2, 0) is 9.53 Å². The van der Waals surface area contributed by atoms with Crippen molar-refractivity contribution in [1.29, 1.82) is 0 Å². The number of allylic oxidation sites excluding steroid dienone is 2. The van der Waals surface area contributed by atoms with Crippen LogP contribution in [0.5, 0.6) is 0 Å². The van der Waals surface area contributed by atoms with Crippen LogP contribution in [0.25, 0.3) is 0 Å². The van der Waals surface area contributed by atoms with Crippen molar-refractivity contribution in [3.05, 3.63) is 24.8 Å². The van der Waals surface area contributed by atoms with Gasteiger partial charge in [0.15, 0.2) is 0 Å². The topological polar surface area (TPSA) is 26.3 Å². The third kappa shape index (κ3) is 6.14. The molecule has 0 aliphatic heterocycles. The summed E-state index contributed by atoms with van der Waals surface area (Å²) >= 11 is 0. The summed E-state index contributed by atoms with van der Waals surface area (Å²) in [6, 6.07) is 0. The normalized spacial score (nSPS) is 12.8. The van der Waals surface area contributed by atoms with Gasteiger partial charge in [-0.2, -0.15) is 0 Å². The van der Waals surface area contributed by atoms with Crippen LogP contribution in [0.4, 0.5) is 0 Å². The molecule has 1 unspecified atom stereocenters. The second kappa shape index (κ2) is 7.59. The zero-order valence-electron chi connectivity index (χ0n) is 8.45. The lowest BCUT2D eigenvalue weighted by Crippen LogP contribution is -2.11. The maximum atomic E-state index is 10.7. The number of esters is 1. The van der Waals surface area contributed by atoms with Gasteiger partial charge in [-0.25, -0.2) is 4.79 Å². The summed E-state index contributed by atoms with van der Waals surface area (Å²) in [7, 11) is 0. The second-order valence-electron chi connectivity index (χ2n) is 2.91. The van der Waals surface area contributed by atoms with Gasteiger partial charge in [0, 0.05) is 6.08 Å². The van der Waals surface area contributed by atoms with Crippen LogP contribution in [0, 0.1) is 5.92 Å². The smallest absolute Gasteiger partial charge is 0.330 e. The molecule has 0 aliphatic carbocycles. The zero-order valence-corrected chi connectivity index (χ0v) is 8.45. The summed E-state index contributed by atoms with van der Waals surface area (Å²) in [4.78, 5) is 10.7. The monoisotopic (exact) mass is 182 g/mol. The molecule has 0 aromatic heterocycles. The predicted molar refractivity (Wildman–Crippen MR) is 54.4 cm³/mol. The summed E-state index contributed by atoms with van der Waals surface area (Å²) in [6.45, 7) is 7.91. The average Bonchev–Trinajstić information content (AvgIpc) is 2.17. The van der Waals surface area contributed by atoms with Crippen LogP contribution < -0.4 is 0 Å². The van der Waals surface area contributed by atoms with Crippen molar-refractivity contribution in [2.24, 2.45) is 5.92 Å². The highest BCUT2D eigenvalue weighted by Crippen LogP contribution is 2.09. The van der Waals surface area contributed by atoms with E-state index in [1.165, 1.54) is 6.08 Å². The molecule has 0 bridgehead atoms. The van der Waals surface area contributed by atoms with Crippen LogP contribution >= 0.6 is 0 Å². The highest BCUT2D eigenvalue weighted by atomic mass is 16.5. The van der Waals surface area contributed by atoms with Crippen LogP contribution in [-0.4, -0.2) is 12.6 Å². The largest absolute Gasteiger partial charge is 0.462 e. The molecule has 0 radical (unpaired) electrons. The highest BCUT2D eigenvalue weighted by Gasteiger charge is 2.06. The van der Waals surface area contributed by atoms with Crippen LogP contribution in [0.1, 0.15) is 26.7 Å². The quantitative estimate of drug-likeness (QED) is 0.358. The molecule has 0 fully saturated rings. The molecule has 0 saturated heterocycles. The van der Waals surface area contributed by atoms with Gasteiger partial charge in [0.25, 0.3) is 0 Å². The molecule has 13 heavy (non-hydrogen) atoms. The summed E-state index contributed by atoms with van der Waals surface area (Å²) in [5.74, 6) is 0.0963. The molecule has 0 aromatic carbocycles. The van der Waals surface area contributed by atoms with Crippen LogP contribution in [0.15, 0.2) is 24.8 Å². The molecule has 0 N–H and O–H groups in total. The van der Waals surface area contributed by atoms with Gasteiger partial charge < -0.3 is 4.74 Å². The van der Waals surface area contributed by atoms with Crippen molar-refractivity contribution in [3.63, 3.8) is 0 Å². The van der Waals surface area contributed by atoms with Gasteiger partial charge >= 0.3 is 5.97 Å². The first kappa shape index (κ1) is 11.9. The van der Waals surface area contributed by atoms with Crippen molar-refractivity contribution in [2.75, 3.05) is 6.61 Å². The molecule has 2 nitrogen and oxygen atoms in total. The minimum Gasteiger partial charge on any atom is -0.462 e. The molecule has 2 heteroatoms. The van der Waals surface area contributed by atoms with Gasteiger partial charge in [-0.05, 0) is 25.7 Å². The summed E-state index contributed by atoms with van der Waals surface area (Å²) < 4.78 is 4.95. The van der Waals surface area contributed by atoms with Gasteiger partial charge in [-0.15, -0.1) is 0 Å². The lowest BCUT2D eigenvalue weighted by molar-refractivity contribution is -0.139. The first-order valence-electron chi connectivity index (χ1n) is 4.64. The second-order valence-corrected chi connectivity index (χ2v) is 2.91. The summed E-state index contributed by atoms with van der Waals surface area (Å²) in [5.41, 5.74) is 0. The number of hydrogen-bond acceptors (Lipinski definition) is 2. The molecule has 0 amide bonds. The molecule has 0 rings (SSSR count). The van der Waals surface area contributed by atoms with Crippen LogP contribution in [0.3, 0.4) is 0 Å². The molecule has 0 saturated carbocycles. The molecule has 0 aromatic rings. The van der Waals surface area contributed by atoms with E-state index in [2.05, 4.69) is 19.6 Å². The minimum absolute atomic E-state index is 0.334. The fourth-order valence-electron chi connectivity index (χ4n) is 0.940. The number of carbonyl (C=O) groups is 1. The van der Waals surface area contributed by atoms with Crippen molar-refractivity contribution in [1.82, 2.24) is 0 Å². The van der Waals surface area contributed by atoms with E-state index >= 15 is 0 Å². The van der Waals surface area contributed by atoms with Gasteiger partial charge in [0.05, 0.1) is 6.61 Å². The van der Waals surface area contributed by atoms with E-state index in [-0.39, 0.29) is 5.97 Å². The highest BCUT2D eigenvalue weighted by molar-refractivity contribution is 5.81. The Hall–Kier alpha value is -1.05. The molecule has 0 aliphatic rings. The fraction of sp³-hybridized carbons (Fsp3) is 0.545. The Kier molecular flexibility index (Phi) is 6.98. The first-order valence-corrected chi connectivity index (χ1v) is 4.64. The Morgan fingerprint density at radius 2 is 2.31 bits per heavy atom. The first-order chi connectivity index (χ1) is 6.24. The maximum absolute atomic E-state index is 10.7. The van der Waals surface area contributed by atoms with Gasteiger partial charge in [0.1, 0.15) is 0 Å². The number of ether oxygens (including phenoxy) is 1. The Balaban J connectivity index is 3.70. The maximum Gasteiger partial charge on any atom is 0.330 e. The predicted octanol–water partition coefficient (Wildman–Crippen LogP) is 2.71. The molecule has 0 spiro atoms. The Bertz CT molecular complexity index is 183. The van der Waals surface area contributed by atoms with E-state index in [0.29, 0.717) is 12.5 Å². The molecule has 1 atom stereocenters. The lowest BCUT2D eigenvalue weighted by atomic mass is 10.0. The van der Waals surface area contributed by atoms with Gasteiger partial charge in [-0.1, -0.05) is 25.7 Å². The van der Waals surface area contributed by atoms with E-state index in [1.807, 2.05) is 13.0 Å². The SMILES string of the molecule is C=CC(=O)OCC(CC)C/C=C/C. The van der Waals surface area contributed by atoms with Crippen molar-refractivity contribution < 1.29 is 9.53 Å². The van der Waals surface area contributed by atoms with Crippen molar-refractivity contribution >= 4 is 5.97 Å².